The molecule has 2 aromatic carbocycles. The van der Waals surface area contributed by atoms with E-state index in [1.165, 1.54) is 32.6 Å². The number of benzene rings is 2. The van der Waals surface area contributed by atoms with Crippen molar-refractivity contribution in [3.05, 3.63) is 47.5 Å². The minimum absolute atomic E-state index is 0.0666. The molecule has 164 valence electrons. The third-order valence-electron chi connectivity index (χ3n) is 3.54. The van der Waals surface area contributed by atoms with E-state index in [0.29, 0.717) is 22.8 Å². The Kier molecular flexibility index (Phi) is 9.55. The van der Waals surface area contributed by atoms with Crippen LogP contribution in [0.25, 0.3) is 0 Å². The van der Waals surface area contributed by atoms with Crippen LogP contribution in [0.3, 0.4) is 0 Å². The predicted molar refractivity (Wildman–Crippen MR) is 111 cm³/mol. The molecular weight excluding hydrogens is 416 g/mol. The molecule has 0 unspecified atom stereocenters. The molecule has 0 saturated carbocycles. The normalized spacial score (nSPS) is 11.5. The zero-order valence-corrected chi connectivity index (χ0v) is 17.7. The molecule has 0 radical (unpaired) electrons. The molecule has 0 spiro atoms. The molecule has 0 aromatic heterocycles. The van der Waals surface area contributed by atoms with E-state index in [9.17, 15) is 8.42 Å². The van der Waals surface area contributed by atoms with E-state index in [2.05, 4.69) is 10.2 Å². The van der Waals surface area contributed by atoms with Gasteiger partial charge >= 0.3 is 0 Å². The van der Waals surface area contributed by atoms with Gasteiger partial charge in [-0.05, 0) is 19.1 Å². The van der Waals surface area contributed by atoms with Crippen LogP contribution in [0.15, 0.2) is 51.5 Å². The number of nitrogens with zero attached hydrogens (tertiary/aromatic N) is 2. The second-order valence-electron chi connectivity index (χ2n) is 5.58. The summed E-state index contributed by atoms with van der Waals surface area (Å²) in [6, 6.07) is 9.35. The average Bonchev–Trinajstić information content (AvgIpc) is 2.73. The third kappa shape index (κ3) is 7.58. The lowest BCUT2D eigenvalue weighted by atomic mass is 10.2. The average molecular weight is 440 g/mol. The van der Waals surface area contributed by atoms with Crippen LogP contribution in [0.1, 0.15) is 11.1 Å². The van der Waals surface area contributed by atoms with Gasteiger partial charge in [0.15, 0.2) is 0 Å². The van der Waals surface area contributed by atoms with Crippen molar-refractivity contribution in [2.45, 2.75) is 11.8 Å². The smallest absolute Gasteiger partial charge is 0.294 e. The Labute approximate surface area is 174 Å². The van der Waals surface area contributed by atoms with Gasteiger partial charge in [0, 0.05) is 12.1 Å². The number of nitrogens with two attached hydrogens (primary N) is 1. The number of guanidine groups is 1. The first-order valence-corrected chi connectivity index (χ1v) is 9.71. The van der Waals surface area contributed by atoms with Gasteiger partial charge in [0.25, 0.3) is 10.1 Å². The molecule has 11 nitrogen and oxygen atoms in total. The molecule has 2 rings (SSSR count). The number of aryl methyl sites for hydroxylation is 1. The fourth-order valence-electron chi connectivity index (χ4n) is 2.04. The Morgan fingerprint density at radius 2 is 1.60 bits per heavy atom. The van der Waals surface area contributed by atoms with Crippen molar-refractivity contribution in [3.8, 4) is 17.2 Å². The highest BCUT2D eigenvalue weighted by Crippen LogP contribution is 2.32. The SMILES string of the molecule is COc1cc(OC)c(C=N/N=C(\N)NO)c(OC)c1.Cc1ccc(S(=O)(=O)O)cc1. The van der Waals surface area contributed by atoms with E-state index >= 15 is 0 Å². The van der Waals surface area contributed by atoms with Crippen molar-refractivity contribution in [1.82, 2.24) is 5.48 Å². The number of nitrogens with one attached hydrogen (secondary N) is 1. The number of hydrogen-bond acceptors (Lipinski definition) is 8. The highest BCUT2D eigenvalue weighted by Gasteiger charge is 2.11. The molecule has 12 heteroatoms. The Balaban J connectivity index is 0.000000346. The molecule has 5 N–H and O–H groups in total. The van der Waals surface area contributed by atoms with Crippen LogP contribution in [0, 0.1) is 6.92 Å². The minimum Gasteiger partial charge on any atom is -0.496 e. The Morgan fingerprint density at radius 1 is 1.07 bits per heavy atom. The van der Waals surface area contributed by atoms with E-state index < -0.39 is 10.1 Å². The predicted octanol–water partition coefficient (Wildman–Crippen LogP) is 1.58. The summed E-state index contributed by atoms with van der Waals surface area (Å²) in [4.78, 5) is -0.0666. The fraction of sp³-hybridized carbons (Fsp3) is 0.222. The van der Waals surface area contributed by atoms with Gasteiger partial charge in [0.1, 0.15) is 17.2 Å². The maximum Gasteiger partial charge on any atom is 0.294 e. The molecule has 30 heavy (non-hydrogen) atoms. The maximum absolute atomic E-state index is 10.5. The molecule has 0 aliphatic heterocycles. The highest BCUT2D eigenvalue weighted by atomic mass is 32.2. The van der Waals surface area contributed by atoms with Crippen LogP contribution in [0.4, 0.5) is 0 Å². The topological polar surface area (TPSA) is 165 Å². The molecule has 0 aliphatic carbocycles. The van der Waals surface area contributed by atoms with Gasteiger partial charge < -0.3 is 19.9 Å². The number of rotatable bonds is 6. The maximum atomic E-state index is 10.5. The number of methoxy groups -OCH3 is 3. The highest BCUT2D eigenvalue weighted by molar-refractivity contribution is 7.85. The first-order chi connectivity index (χ1) is 14.2. The third-order valence-corrected chi connectivity index (χ3v) is 4.41. The van der Waals surface area contributed by atoms with Gasteiger partial charge in [-0.25, -0.2) is 5.48 Å². The summed E-state index contributed by atoms with van der Waals surface area (Å²) in [5.41, 5.74) is 8.40. The molecule has 0 aliphatic rings. The number of hydroxylamine groups is 1. The summed E-state index contributed by atoms with van der Waals surface area (Å²) in [5.74, 6) is 1.37. The second kappa shape index (κ2) is 11.6. The molecular formula is C18H24N4O7S. The van der Waals surface area contributed by atoms with Crippen LogP contribution >= 0.6 is 0 Å². The number of ether oxygens (including phenoxy) is 3. The van der Waals surface area contributed by atoms with E-state index in [1.807, 2.05) is 6.92 Å². The van der Waals surface area contributed by atoms with Crippen molar-refractivity contribution >= 4 is 22.3 Å². The molecule has 0 heterocycles. The Bertz CT molecular complexity index is 965. The lowest BCUT2D eigenvalue weighted by molar-refractivity contribution is 0.232. The molecule has 0 amide bonds. The second-order valence-corrected chi connectivity index (χ2v) is 7.00. The van der Waals surface area contributed by atoms with Gasteiger partial charge in [-0.15, -0.1) is 5.10 Å². The monoisotopic (exact) mass is 440 g/mol. The van der Waals surface area contributed by atoms with Crippen LogP contribution < -0.4 is 25.4 Å². The molecule has 0 bridgehead atoms. The summed E-state index contributed by atoms with van der Waals surface area (Å²) in [5, 5.41) is 15.6. The van der Waals surface area contributed by atoms with Gasteiger partial charge in [-0.1, -0.05) is 17.7 Å². The molecule has 2 aromatic rings. The van der Waals surface area contributed by atoms with E-state index in [0.717, 1.165) is 5.56 Å². The van der Waals surface area contributed by atoms with Crippen LogP contribution in [-0.4, -0.2) is 51.7 Å². The quantitative estimate of drug-likeness (QED) is 0.226. The summed E-state index contributed by atoms with van der Waals surface area (Å²) in [6.07, 6.45) is 1.39. The Morgan fingerprint density at radius 3 is 2.00 bits per heavy atom. The summed E-state index contributed by atoms with van der Waals surface area (Å²) in [6.45, 7) is 1.84. The van der Waals surface area contributed by atoms with Crippen molar-refractivity contribution in [2.24, 2.45) is 15.9 Å². The van der Waals surface area contributed by atoms with Crippen molar-refractivity contribution in [2.75, 3.05) is 21.3 Å². The van der Waals surface area contributed by atoms with Crippen LogP contribution in [0.5, 0.6) is 17.2 Å². The van der Waals surface area contributed by atoms with Gasteiger partial charge in [0.05, 0.1) is 38.0 Å². The van der Waals surface area contributed by atoms with Crippen LogP contribution in [-0.2, 0) is 10.1 Å². The first kappa shape index (κ1) is 24.7. The standard InChI is InChI=1S/C11H16N4O4.C7H8O3S/c1-17-7-4-9(18-2)8(10(5-7)19-3)6-13-14-11(12)15-16;1-6-2-4-7(5-3-6)11(8,9)10/h4-6,16H,1-3H3,(H3,12,14,15);2-5H,1H3,(H,8,9,10). The lowest BCUT2D eigenvalue weighted by Gasteiger charge is -2.11. The van der Waals surface area contributed by atoms with E-state index in [1.54, 1.807) is 36.9 Å². The molecule has 0 saturated heterocycles. The zero-order chi connectivity index (χ0) is 22.7. The van der Waals surface area contributed by atoms with Gasteiger partial charge in [-0.3, -0.25) is 9.76 Å². The summed E-state index contributed by atoms with van der Waals surface area (Å²) < 4.78 is 45.1. The largest absolute Gasteiger partial charge is 0.496 e. The number of hydrogen-bond donors (Lipinski definition) is 4. The lowest BCUT2D eigenvalue weighted by Crippen LogP contribution is -2.27. The zero-order valence-electron chi connectivity index (χ0n) is 16.9. The first-order valence-electron chi connectivity index (χ1n) is 8.27. The van der Waals surface area contributed by atoms with E-state index in [-0.39, 0.29) is 10.9 Å². The van der Waals surface area contributed by atoms with Crippen molar-refractivity contribution in [3.63, 3.8) is 0 Å². The summed E-state index contributed by atoms with van der Waals surface area (Å²) >= 11 is 0. The molecule has 0 atom stereocenters. The van der Waals surface area contributed by atoms with Crippen molar-refractivity contribution in [1.29, 1.82) is 0 Å². The van der Waals surface area contributed by atoms with Crippen LogP contribution in [0.2, 0.25) is 0 Å². The Hall–Kier alpha value is -3.35. The van der Waals surface area contributed by atoms with Crippen molar-refractivity contribution < 1.29 is 32.4 Å². The molecule has 0 fully saturated rings. The summed E-state index contributed by atoms with van der Waals surface area (Å²) in [7, 11) is 0.547. The fourth-order valence-corrected chi connectivity index (χ4v) is 2.52. The van der Waals surface area contributed by atoms with E-state index in [4.69, 9.17) is 29.7 Å². The van der Waals surface area contributed by atoms with Gasteiger partial charge in [0.2, 0.25) is 5.96 Å². The minimum atomic E-state index is -4.02. The van der Waals surface area contributed by atoms with Gasteiger partial charge in [-0.2, -0.15) is 13.5 Å².